The number of rotatable bonds is 5. The van der Waals surface area contributed by atoms with Crippen LogP contribution in [0, 0.1) is 0 Å². The zero-order chi connectivity index (χ0) is 13.9. The topological polar surface area (TPSA) is 58.6 Å². The number of hydrogen-bond acceptors (Lipinski definition) is 4. The van der Waals surface area contributed by atoms with E-state index in [2.05, 4.69) is 10.1 Å². The molecule has 2 aliphatic rings. The predicted molar refractivity (Wildman–Crippen MR) is 62.7 cm³/mol. The molecule has 19 heavy (non-hydrogen) atoms. The Bertz CT molecular complexity index is 357. The van der Waals surface area contributed by atoms with Crippen molar-refractivity contribution in [1.29, 1.82) is 0 Å². The number of halogens is 2. The summed E-state index contributed by atoms with van der Waals surface area (Å²) in [6.45, 7) is 2.19. The van der Waals surface area contributed by atoms with E-state index in [1.165, 1.54) is 0 Å². The lowest BCUT2D eigenvalue weighted by Crippen LogP contribution is -2.33. The lowest BCUT2D eigenvalue weighted by Gasteiger charge is -2.15. The van der Waals surface area contributed by atoms with Gasteiger partial charge in [0.15, 0.2) is 0 Å². The van der Waals surface area contributed by atoms with E-state index in [0.717, 1.165) is 25.9 Å². The molecule has 0 aliphatic carbocycles. The number of esters is 1. The molecule has 0 radical (unpaired) electrons. The quantitative estimate of drug-likeness (QED) is 0.588. The zero-order valence-corrected chi connectivity index (χ0v) is 10.7. The van der Waals surface area contributed by atoms with Crippen molar-refractivity contribution < 1.29 is 23.1 Å². The highest BCUT2D eigenvalue weighted by Gasteiger charge is 2.50. The second-order valence-electron chi connectivity index (χ2n) is 4.98. The van der Waals surface area contributed by atoms with Gasteiger partial charge < -0.3 is 15.0 Å². The number of likely N-dealkylation sites (tertiary alicyclic amines) is 1. The molecule has 108 valence electrons. The van der Waals surface area contributed by atoms with Crippen LogP contribution in [0.1, 0.15) is 25.7 Å². The van der Waals surface area contributed by atoms with E-state index in [1.54, 1.807) is 0 Å². The molecular formula is C12H18F2N2O3. The standard InChI is InChI=1S/C12H18F2N2O3/c13-12(14)7-9(19-11(12)18)8-15-4-3-10(17)16-5-1-2-6-16/h9,15H,1-8H2. The molecule has 5 nitrogen and oxygen atoms in total. The van der Waals surface area contributed by atoms with Crippen LogP contribution in [-0.4, -0.2) is 55.0 Å². The molecule has 1 atom stereocenters. The highest BCUT2D eigenvalue weighted by atomic mass is 19.3. The number of ether oxygens (including phenoxy) is 1. The number of nitrogens with one attached hydrogen (secondary N) is 1. The van der Waals surface area contributed by atoms with Crippen LogP contribution in [0.3, 0.4) is 0 Å². The molecule has 1 unspecified atom stereocenters. The molecule has 2 heterocycles. The molecule has 0 aromatic rings. The third-order valence-electron chi connectivity index (χ3n) is 3.40. The molecule has 0 bridgehead atoms. The average molecular weight is 276 g/mol. The number of amides is 1. The Morgan fingerprint density at radius 2 is 2.11 bits per heavy atom. The molecule has 2 fully saturated rings. The van der Waals surface area contributed by atoms with Gasteiger partial charge in [0.1, 0.15) is 6.10 Å². The van der Waals surface area contributed by atoms with Crippen molar-refractivity contribution in [3.05, 3.63) is 0 Å². The van der Waals surface area contributed by atoms with Crippen LogP contribution in [0.25, 0.3) is 0 Å². The van der Waals surface area contributed by atoms with E-state index in [-0.39, 0.29) is 12.5 Å². The Labute approximate surface area is 110 Å². The molecular weight excluding hydrogens is 258 g/mol. The van der Waals surface area contributed by atoms with Gasteiger partial charge in [-0.25, -0.2) is 4.79 Å². The summed E-state index contributed by atoms with van der Waals surface area (Å²) in [6, 6.07) is 0. The van der Waals surface area contributed by atoms with Gasteiger partial charge in [-0.15, -0.1) is 0 Å². The van der Waals surface area contributed by atoms with Gasteiger partial charge in [0.25, 0.3) is 0 Å². The lowest BCUT2D eigenvalue weighted by molar-refractivity contribution is -0.159. The summed E-state index contributed by atoms with van der Waals surface area (Å²) in [5.41, 5.74) is 0. The Kier molecular flexibility index (Phi) is 4.34. The smallest absolute Gasteiger partial charge is 0.377 e. The lowest BCUT2D eigenvalue weighted by atomic mass is 10.2. The predicted octanol–water partition coefficient (Wildman–Crippen LogP) is 0.539. The van der Waals surface area contributed by atoms with Crippen molar-refractivity contribution in [2.45, 2.75) is 37.7 Å². The summed E-state index contributed by atoms with van der Waals surface area (Å²) >= 11 is 0. The second kappa shape index (κ2) is 5.81. The van der Waals surface area contributed by atoms with Gasteiger partial charge in [-0.2, -0.15) is 8.78 Å². The maximum absolute atomic E-state index is 12.9. The minimum Gasteiger partial charge on any atom is -0.456 e. The van der Waals surface area contributed by atoms with E-state index in [9.17, 15) is 18.4 Å². The Balaban J connectivity index is 1.60. The first kappa shape index (κ1) is 14.2. The third-order valence-corrected chi connectivity index (χ3v) is 3.40. The number of nitrogens with zero attached hydrogens (tertiary/aromatic N) is 1. The van der Waals surface area contributed by atoms with Gasteiger partial charge in [0.05, 0.1) is 6.42 Å². The van der Waals surface area contributed by atoms with Gasteiger partial charge in [-0.3, -0.25) is 4.79 Å². The first-order chi connectivity index (χ1) is 8.99. The van der Waals surface area contributed by atoms with Crippen molar-refractivity contribution in [2.75, 3.05) is 26.2 Å². The molecule has 0 saturated carbocycles. The van der Waals surface area contributed by atoms with Gasteiger partial charge in [0, 0.05) is 32.6 Å². The molecule has 0 aromatic carbocycles. The summed E-state index contributed by atoms with van der Waals surface area (Å²) in [5, 5.41) is 2.88. The summed E-state index contributed by atoms with van der Waals surface area (Å²) in [6.07, 6.45) is 1.05. The summed E-state index contributed by atoms with van der Waals surface area (Å²) in [4.78, 5) is 24.2. The van der Waals surface area contributed by atoms with Gasteiger partial charge in [-0.05, 0) is 12.8 Å². The van der Waals surface area contributed by atoms with Crippen LogP contribution in [0.15, 0.2) is 0 Å². The van der Waals surface area contributed by atoms with Crippen LogP contribution in [0.5, 0.6) is 0 Å². The van der Waals surface area contributed by atoms with Crippen molar-refractivity contribution in [1.82, 2.24) is 10.2 Å². The van der Waals surface area contributed by atoms with Gasteiger partial charge >= 0.3 is 11.9 Å². The summed E-state index contributed by atoms with van der Waals surface area (Å²) in [5.74, 6) is -4.73. The van der Waals surface area contributed by atoms with E-state index < -0.39 is 24.4 Å². The maximum atomic E-state index is 12.9. The Morgan fingerprint density at radius 3 is 2.68 bits per heavy atom. The van der Waals surface area contributed by atoms with Crippen LogP contribution >= 0.6 is 0 Å². The minimum absolute atomic E-state index is 0.0822. The van der Waals surface area contributed by atoms with Crippen LogP contribution < -0.4 is 5.32 Å². The number of hydrogen-bond donors (Lipinski definition) is 1. The molecule has 7 heteroatoms. The van der Waals surface area contributed by atoms with E-state index in [4.69, 9.17) is 0 Å². The van der Waals surface area contributed by atoms with Crippen molar-refractivity contribution >= 4 is 11.9 Å². The zero-order valence-electron chi connectivity index (χ0n) is 10.7. The Hall–Kier alpha value is -1.24. The van der Waals surface area contributed by atoms with Gasteiger partial charge in [-0.1, -0.05) is 0 Å². The molecule has 1 amide bonds. The monoisotopic (exact) mass is 276 g/mol. The third kappa shape index (κ3) is 3.62. The number of carbonyl (C=O) groups is 2. The normalized spacial score (nSPS) is 25.7. The number of carbonyl (C=O) groups excluding carboxylic acids is 2. The highest BCUT2D eigenvalue weighted by Crippen LogP contribution is 2.30. The SMILES string of the molecule is O=C(CCNCC1CC(F)(F)C(=O)O1)N1CCCC1. The van der Waals surface area contributed by atoms with E-state index in [1.807, 2.05) is 4.90 Å². The molecule has 0 aromatic heterocycles. The molecule has 1 N–H and O–H groups in total. The van der Waals surface area contributed by atoms with E-state index >= 15 is 0 Å². The van der Waals surface area contributed by atoms with Crippen molar-refractivity contribution in [2.24, 2.45) is 0 Å². The number of alkyl halides is 2. The van der Waals surface area contributed by atoms with Crippen LogP contribution in [0.2, 0.25) is 0 Å². The average Bonchev–Trinajstić information content (AvgIpc) is 2.94. The first-order valence-corrected chi connectivity index (χ1v) is 6.56. The summed E-state index contributed by atoms with van der Waals surface area (Å²) < 4.78 is 30.3. The fourth-order valence-electron chi connectivity index (χ4n) is 2.35. The maximum Gasteiger partial charge on any atom is 0.377 e. The number of cyclic esters (lactones) is 1. The van der Waals surface area contributed by atoms with E-state index in [0.29, 0.717) is 13.0 Å². The van der Waals surface area contributed by atoms with Crippen LogP contribution in [-0.2, 0) is 14.3 Å². The first-order valence-electron chi connectivity index (χ1n) is 6.56. The van der Waals surface area contributed by atoms with Crippen molar-refractivity contribution in [3.63, 3.8) is 0 Å². The molecule has 2 aliphatic heterocycles. The fraction of sp³-hybridized carbons (Fsp3) is 0.833. The Morgan fingerprint density at radius 1 is 1.42 bits per heavy atom. The minimum atomic E-state index is -3.36. The van der Waals surface area contributed by atoms with Crippen LogP contribution in [0.4, 0.5) is 8.78 Å². The fourth-order valence-corrected chi connectivity index (χ4v) is 2.35. The van der Waals surface area contributed by atoms with Crippen molar-refractivity contribution in [3.8, 4) is 0 Å². The second-order valence-corrected chi connectivity index (χ2v) is 4.98. The molecule has 2 saturated heterocycles. The molecule has 2 rings (SSSR count). The largest absolute Gasteiger partial charge is 0.456 e. The highest BCUT2D eigenvalue weighted by molar-refractivity contribution is 5.79. The van der Waals surface area contributed by atoms with Gasteiger partial charge in [0.2, 0.25) is 5.91 Å². The molecule has 0 spiro atoms. The summed E-state index contributed by atoms with van der Waals surface area (Å²) in [7, 11) is 0.